The van der Waals surface area contributed by atoms with E-state index >= 15 is 0 Å². The van der Waals surface area contributed by atoms with Crippen molar-refractivity contribution in [2.45, 2.75) is 20.0 Å². The molecular formula is C20H20ClNO6. The van der Waals surface area contributed by atoms with Crippen molar-refractivity contribution in [3.05, 3.63) is 58.1 Å². The van der Waals surface area contributed by atoms with Crippen LogP contribution in [0.5, 0.6) is 5.75 Å². The lowest BCUT2D eigenvalue weighted by atomic mass is 10.1. The molecule has 1 atom stereocenters. The van der Waals surface area contributed by atoms with Crippen LogP contribution in [0.2, 0.25) is 5.02 Å². The van der Waals surface area contributed by atoms with Gasteiger partial charge in [-0.3, -0.25) is 4.79 Å². The molecule has 2 aromatic carbocycles. The summed E-state index contributed by atoms with van der Waals surface area (Å²) in [6.45, 7) is 3.39. The molecule has 0 aromatic heterocycles. The molecule has 1 unspecified atom stereocenters. The second kappa shape index (κ2) is 9.23. The molecule has 7 nitrogen and oxygen atoms in total. The third kappa shape index (κ3) is 5.23. The molecule has 1 amide bonds. The normalized spacial score (nSPS) is 11.3. The van der Waals surface area contributed by atoms with Crippen molar-refractivity contribution in [3.63, 3.8) is 0 Å². The smallest absolute Gasteiger partial charge is 0.337 e. The maximum atomic E-state index is 12.5. The molecule has 0 radical (unpaired) electrons. The van der Waals surface area contributed by atoms with Crippen molar-refractivity contribution >= 4 is 35.1 Å². The molecule has 0 aliphatic rings. The van der Waals surface area contributed by atoms with Crippen molar-refractivity contribution < 1.29 is 28.6 Å². The van der Waals surface area contributed by atoms with Gasteiger partial charge in [0.25, 0.3) is 5.91 Å². The van der Waals surface area contributed by atoms with Gasteiger partial charge >= 0.3 is 11.9 Å². The number of carbonyl (C=O) groups is 3. The van der Waals surface area contributed by atoms with Gasteiger partial charge in [-0.15, -0.1) is 0 Å². The van der Waals surface area contributed by atoms with Crippen molar-refractivity contribution in [1.82, 2.24) is 0 Å². The highest BCUT2D eigenvalue weighted by Crippen LogP contribution is 2.23. The summed E-state index contributed by atoms with van der Waals surface area (Å²) in [4.78, 5) is 36.2. The van der Waals surface area contributed by atoms with Gasteiger partial charge in [0.1, 0.15) is 5.75 Å². The van der Waals surface area contributed by atoms with E-state index in [0.29, 0.717) is 10.8 Å². The second-order valence-electron chi connectivity index (χ2n) is 5.94. The van der Waals surface area contributed by atoms with Gasteiger partial charge < -0.3 is 19.5 Å². The van der Waals surface area contributed by atoms with Crippen molar-refractivity contribution in [3.8, 4) is 5.75 Å². The summed E-state index contributed by atoms with van der Waals surface area (Å²) >= 11 is 5.92. The van der Waals surface area contributed by atoms with Crippen LogP contribution in [0.4, 0.5) is 5.69 Å². The minimum atomic E-state index is -0.844. The summed E-state index contributed by atoms with van der Waals surface area (Å²) < 4.78 is 15.0. The molecule has 0 spiro atoms. The fourth-order valence-corrected chi connectivity index (χ4v) is 2.63. The largest absolute Gasteiger partial charge is 0.481 e. The van der Waals surface area contributed by atoms with Crippen LogP contribution in [-0.2, 0) is 14.3 Å². The Morgan fingerprint density at radius 1 is 0.964 bits per heavy atom. The molecule has 8 heteroatoms. The van der Waals surface area contributed by atoms with Crippen LogP contribution in [0.1, 0.15) is 33.2 Å². The molecule has 0 bridgehead atoms. The lowest BCUT2D eigenvalue weighted by Gasteiger charge is -2.17. The Hall–Kier alpha value is -3.06. The molecule has 2 aromatic rings. The van der Waals surface area contributed by atoms with E-state index < -0.39 is 23.9 Å². The number of hydrogen-bond acceptors (Lipinski definition) is 6. The van der Waals surface area contributed by atoms with Crippen LogP contribution in [0.3, 0.4) is 0 Å². The minimum Gasteiger partial charge on any atom is -0.481 e. The summed E-state index contributed by atoms with van der Waals surface area (Å²) in [6, 6.07) is 9.19. The monoisotopic (exact) mass is 405 g/mol. The molecule has 0 saturated carbocycles. The number of amides is 1. The predicted octanol–water partition coefficient (Wildman–Crippen LogP) is 3.63. The molecule has 2 rings (SSSR count). The molecule has 0 heterocycles. The minimum absolute atomic E-state index is 0.0998. The summed E-state index contributed by atoms with van der Waals surface area (Å²) in [5.74, 6) is -1.25. The van der Waals surface area contributed by atoms with Gasteiger partial charge in [-0.05, 0) is 55.8 Å². The standard InChI is InChI=1S/C20H20ClNO6/c1-11-7-15(21)5-6-17(11)28-12(2)18(23)22-16-9-13(19(24)26-3)8-14(10-16)20(25)27-4/h5-10,12H,1-4H3,(H,22,23). The zero-order chi connectivity index (χ0) is 20.8. The summed E-state index contributed by atoms with van der Waals surface area (Å²) in [5, 5.41) is 3.19. The van der Waals surface area contributed by atoms with Crippen molar-refractivity contribution in [2.75, 3.05) is 19.5 Å². The Morgan fingerprint density at radius 2 is 1.54 bits per heavy atom. The zero-order valence-corrected chi connectivity index (χ0v) is 16.6. The lowest BCUT2D eigenvalue weighted by Crippen LogP contribution is -2.30. The molecule has 0 aliphatic carbocycles. The molecule has 0 aliphatic heterocycles. The number of nitrogens with one attached hydrogen (secondary N) is 1. The first-order chi connectivity index (χ1) is 13.2. The predicted molar refractivity (Wildman–Crippen MR) is 104 cm³/mol. The molecule has 148 valence electrons. The van der Waals surface area contributed by atoms with E-state index in [2.05, 4.69) is 14.8 Å². The van der Waals surface area contributed by atoms with Gasteiger partial charge in [-0.25, -0.2) is 9.59 Å². The van der Waals surface area contributed by atoms with E-state index in [4.69, 9.17) is 16.3 Å². The molecular weight excluding hydrogens is 386 g/mol. The maximum Gasteiger partial charge on any atom is 0.337 e. The van der Waals surface area contributed by atoms with E-state index in [1.807, 2.05) is 6.92 Å². The van der Waals surface area contributed by atoms with Crippen LogP contribution < -0.4 is 10.1 Å². The van der Waals surface area contributed by atoms with Gasteiger partial charge in [-0.2, -0.15) is 0 Å². The van der Waals surface area contributed by atoms with Crippen LogP contribution in [0.25, 0.3) is 0 Å². The Labute approximate surface area is 167 Å². The number of rotatable bonds is 6. The van der Waals surface area contributed by atoms with E-state index in [1.165, 1.54) is 32.4 Å². The van der Waals surface area contributed by atoms with Crippen LogP contribution in [-0.4, -0.2) is 38.2 Å². The Bertz CT molecular complexity index is 877. The number of anilines is 1. The number of esters is 2. The summed E-state index contributed by atoms with van der Waals surface area (Å²) in [6.07, 6.45) is -0.844. The Kier molecular flexibility index (Phi) is 7.00. The summed E-state index contributed by atoms with van der Waals surface area (Å²) in [5.41, 5.74) is 1.22. The van der Waals surface area contributed by atoms with Gasteiger partial charge in [0.15, 0.2) is 6.10 Å². The van der Waals surface area contributed by atoms with Gasteiger partial charge in [0.2, 0.25) is 0 Å². The first kappa shape index (κ1) is 21.2. The first-order valence-corrected chi connectivity index (χ1v) is 8.68. The number of aryl methyl sites for hydroxylation is 1. The van der Waals surface area contributed by atoms with E-state index in [0.717, 1.165) is 5.56 Å². The molecule has 0 fully saturated rings. The number of benzene rings is 2. The van der Waals surface area contributed by atoms with Crippen molar-refractivity contribution in [1.29, 1.82) is 0 Å². The van der Waals surface area contributed by atoms with Gasteiger partial charge in [0.05, 0.1) is 25.3 Å². The number of hydrogen-bond donors (Lipinski definition) is 1. The average molecular weight is 406 g/mol. The maximum absolute atomic E-state index is 12.5. The fourth-order valence-electron chi connectivity index (χ4n) is 2.40. The highest BCUT2D eigenvalue weighted by Gasteiger charge is 2.19. The van der Waals surface area contributed by atoms with Crippen LogP contribution in [0.15, 0.2) is 36.4 Å². The van der Waals surface area contributed by atoms with E-state index in [1.54, 1.807) is 25.1 Å². The summed E-state index contributed by atoms with van der Waals surface area (Å²) in [7, 11) is 2.44. The quantitative estimate of drug-likeness (QED) is 0.738. The zero-order valence-electron chi connectivity index (χ0n) is 15.9. The number of halogens is 1. The fraction of sp³-hybridized carbons (Fsp3) is 0.250. The third-order valence-corrected chi connectivity index (χ3v) is 4.09. The van der Waals surface area contributed by atoms with Gasteiger partial charge in [0, 0.05) is 10.7 Å². The third-order valence-electron chi connectivity index (χ3n) is 3.85. The average Bonchev–Trinajstić information content (AvgIpc) is 2.68. The lowest BCUT2D eigenvalue weighted by molar-refractivity contribution is -0.122. The number of ether oxygens (including phenoxy) is 3. The number of carbonyl (C=O) groups excluding carboxylic acids is 3. The molecule has 28 heavy (non-hydrogen) atoms. The van der Waals surface area contributed by atoms with E-state index in [9.17, 15) is 14.4 Å². The number of methoxy groups -OCH3 is 2. The highest BCUT2D eigenvalue weighted by molar-refractivity contribution is 6.30. The van der Waals surface area contributed by atoms with Crippen LogP contribution >= 0.6 is 11.6 Å². The van der Waals surface area contributed by atoms with Crippen molar-refractivity contribution in [2.24, 2.45) is 0 Å². The van der Waals surface area contributed by atoms with E-state index in [-0.39, 0.29) is 16.8 Å². The highest BCUT2D eigenvalue weighted by atomic mass is 35.5. The first-order valence-electron chi connectivity index (χ1n) is 8.30. The SMILES string of the molecule is COC(=O)c1cc(NC(=O)C(C)Oc2ccc(Cl)cc2C)cc(C(=O)OC)c1. The van der Waals surface area contributed by atoms with Crippen LogP contribution in [0, 0.1) is 6.92 Å². The molecule has 1 N–H and O–H groups in total. The topological polar surface area (TPSA) is 90.9 Å². The second-order valence-corrected chi connectivity index (χ2v) is 6.38. The Balaban J connectivity index is 2.21. The van der Waals surface area contributed by atoms with Gasteiger partial charge in [-0.1, -0.05) is 11.6 Å². The molecule has 0 saturated heterocycles. The Morgan fingerprint density at radius 3 is 2.04 bits per heavy atom.